The standard InChI is InChI=1S/C6H11N3O3/c7-1-5(10)8-2-4-3-9-6(11)12-4/h4H,1-3,7H2,(H,8,10)(H,9,11). The number of alkyl carbamates (subject to hydrolysis) is 1. The molecule has 0 aliphatic carbocycles. The lowest BCUT2D eigenvalue weighted by Crippen LogP contribution is -2.37. The van der Waals surface area contributed by atoms with Crippen LogP contribution in [0.4, 0.5) is 4.79 Å². The summed E-state index contributed by atoms with van der Waals surface area (Å²) in [6.45, 7) is 0.701. The van der Waals surface area contributed by atoms with E-state index >= 15 is 0 Å². The van der Waals surface area contributed by atoms with Crippen molar-refractivity contribution in [2.75, 3.05) is 19.6 Å². The lowest BCUT2D eigenvalue weighted by Gasteiger charge is -2.07. The van der Waals surface area contributed by atoms with Gasteiger partial charge in [0.25, 0.3) is 0 Å². The number of amides is 2. The van der Waals surface area contributed by atoms with Crippen LogP contribution in [-0.4, -0.2) is 37.7 Å². The van der Waals surface area contributed by atoms with Crippen LogP contribution in [0.1, 0.15) is 0 Å². The highest BCUT2D eigenvalue weighted by molar-refractivity contribution is 5.77. The molecule has 1 aliphatic heterocycles. The van der Waals surface area contributed by atoms with Crippen LogP contribution in [0.15, 0.2) is 0 Å². The van der Waals surface area contributed by atoms with E-state index in [0.717, 1.165) is 0 Å². The van der Waals surface area contributed by atoms with Crippen LogP contribution in [0.2, 0.25) is 0 Å². The SMILES string of the molecule is NCC(=O)NCC1CNC(=O)O1. The van der Waals surface area contributed by atoms with Gasteiger partial charge >= 0.3 is 6.09 Å². The molecule has 1 aliphatic rings. The molecular weight excluding hydrogens is 162 g/mol. The fourth-order valence-electron chi connectivity index (χ4n) is 0.846. The van der Waals surface area contributed by atoms with E-state index in [0.29, 0.717) is 13.1 Å². The number of ether oxygens (including phenoxy) is 1. The van der Waals surface area contributed by atoms with Gasteiger partial charge < -0.3 is 21.1 Å². The highest BCUT2D eigenvalue weighted by Gasteiger charge is 2.22. The van der Waals surface area contributed by atoms with Crippen LogP contribution in [0.5, 0.6) is 0 Å². The molecule has 1 atom stereocenters. The highest BCUT2D eigenvalue weighted by Crippen LogP contribution is 1.97. The molecule has 6 heteroatoms. The first kappa shape index (κ1) is 8.79. The summed E-state index contributed by atoms with van der Waals surface area (Å²) in [5.41, 5.74) is 5.05. The van der Waals surface area contributed by atoms with Crippen LogP contribution >= 0.6 is 0 Å². The van der Waals surface area contributed by atoms with Crippen molar-refractivity contribution in [2.24, 2.45) is 5.73 Å². The zero-order valence-electron chi connectivity index (χ0n) is 6.50. The molecule has 0 bridgehead atoms. The number of carbonyl (C=O) groups is 2. The quantitative estimate of drug-likeness (QED) is 0.468. The average Bonchev–Trinajstić information content (AvgIpc) is 2.47. The van der Waals surface area contributed by atoms with Crippen molar-refractivity contribution in [3.8, 4) is 0 Å². The number of hydrogen-bond acceptors (Lipinski definition) is 4. The average molecular weight is 173 g/mol. The van der Waals surface area contributed by atoms with Crippen molar-refractivity contribution in [2.45, 2.75) is 6.10 Å². The molecule has 0 saturated carbocycles. The van der Waals surface area contributed by atoms with E-state index in [-0.39, 0.29) is 18.6 Å². The maximum absolute atomic E-state index is 10.7. The number of cyclic esters (lactones) is 1. The van der Waals surface area contributed by atoms with Gasteiger partial charge in [0.05, 0.1) is 19.6 Å². The predicted octanol–water partition coefficient (Wildman–Crippen LogP) is -1.83. The van der Waals surface area contributed by atoms with Gasteiger partial charge in [-0.3, -0.25) is 4.79 Å². The van der Waals surface area contributed by atoms with Gasteiger partial charge in [-0.15, -0.1) is 0 Å². The number of nitrogens with two attached hydrogens (primary N) is 1. The van der Waals surface area contributed by atoms with Gasteiger partial charge in [-0.25, -0.2) is 4.79 Å². The molecule has 1 rings (SSSR count). The Bertz CT molecular complexity index is 194. The summed E-state index contributed by atoms with van der Waals surface area (Å²) in [7, 11) is 0. The third-order valence-corrected chi connectivity index (χ3v) is 1.46. The third-order valence-electron chi connectivity index (χ3n) is 1.46. The van der Waals surface area contributed by atoms with E-state index in [9.17, 15) is 9.59 Å². The Kier molecular flexibility index (Phi) is 2.87. The Hall–Kier alpha value is -1.30. The van der Waals surface area contributed by atoms with Crippen LogP contribution in [0.25, 0.3) is 0 Å². The van der Waals surface area contributed by atoms with Gasteiger partial charge in [0.1, 0.15) is 6.10 Å². The largest absolute Gasteiger partial charge is 0.442 e. The van der Waals surface area contributed by atoms with E-state index < -0.39 is 6.09 Å². The van der Waals surface area contributed by atoms with E-state index in [2.05, 4.69) is 10.6 Å². The Morgan fingerprint density at radius 2 is 2.58 bits per heavy atom. The summed E-state index contributed by atoms with van der Waals surface area (Å²) in [5.74, 6) is -0.252. The summed E-state index contributed by atoms with van der Waals surface area (Å²) in [6, 6.07) is 0. The van der Waals surface area contributed by atoms with E-state index in [1.165, 1.54) is 0 Å². The van der Waals surface area contributed by atoms with Gasteiger partial charge in [0.15, 0.2) is 0 Å². The van der Waals surface area contributed by atoms with E-state index in [1.807, 2.05) is 0 Å². The molecule has 0 aromatic heterocycles. The fourth-order valence-corrected chi connectivity index (χ4v) is 0.846. The van der Waals surface area contributed by atoms with Crippen molar-refractivity contribution >= 4 is 12.0 Å². The number of carbonyl (C=O) groups excluding carboxylic acids is 2. The first-order valence-corrected chi connectivity index (χ1v) is 3.63. The fraction of sp³-hybridized carbons (Fsp3) is 0.667. The maximum Gasteiger partial charge on any atom is 0.407 e. The highest BCUT2D eigenvalue weighted by atomic mass is 16.6. The lowest BCUT2D eigenvalue weighted by molar-refractivity contribution is -0.120. The molecule has 0 spiro atoms. The van der Waals surface area contributed by atoms with Gasteiger partial charge in [0.2, 0.25) is 5.91 Å². The first-order valence-electron chi connectivity index (χ1n) is 3.63. The lowest BCUT2D eigenvalue weighted by atomic mass is 10.3. The summed E-state index contributed by atoms with van der Waals surface area (Å²) < 4.78 is 4.75. The molecule has 2 amide bonds. The maximum atomic E-state index is 10.7. The minimum atomic E-state index is -0.443. The van der Waals surface area contributed by atoms with E-state index in [1.54, 1.807) is 0 Å². The second-order valence-electron chi connectivity index (χ2n) is 2.42. The van der Waals surface area contributed by atoms with Crippen molar-refractivity contribution in [1.82, 2.24) is 10.6 Å². The molecule has 68 valence electrons. The molecule has 4 N–H and O–H groups in total. The zero-order valence-corrected chi connectivity index (χ0v) is 6.50. The van der Waals surface area contributed by atoms with Crippen LogP contribution < -0.4 is 16.4 Å². The molecule has 0 aromatic carbocycles. The van der Waals surface area contributed by atoms with Crippen LogP contribution in [0.3, 0.4) is 0 Å². The molecule has 1 heterocycles. The summed E-state index contributed by atoms with van der Waals surface area (Å²) in [6.07, 6.45) is -0.713. The number of rotatable bonds is 3. The Morgan fingerprint density at radius 1 is 1.83 bits per heavy atom. The molecule has 1 unspecified atom stereocenters. The monoisotopic (exact) mass is 173 g/mol. The second-order valence-corrected chi connectivity index (χ2v) is 2.42. The third kappa shape index (κ3) is 2.39. The summed E-state index contributed by atoms with van der Waals surface area (Å²) in [4.78, 5) is 21.1. The first-order chi connectivity index (χ1) is 5.72. The summed E-state index contributed by atoms with van der Waals surface area (Å²) in [5, 5.41) is 4.98. The van der Waals surface area contributed by atoms with E-state index in [4.69, 9.17) is 10.5 Å². The Morgan fingerprint density at radius 3 is 3.08 bits per heavy atom. The normalized spacial score (nSPS) is 21.4. The Balaban J connectivity index is 2.16. The minimum absolute atomic E-state index is 0.0475. The topological polar surface area (TPSA) is 93.5 Å². The van der Waals surface area contributed by atoms with Crippen molar-refractivity contribution in [1.29, 1.82) is 0 Å². The Labute approximate surface area is 69.4 Å². The van der Waals surface area contributed by atoms with Gasteiger partial charge in [-0.05, 0) is 0 Å². The smallest absolute Gasteiger partial charge is 0.407 e. The second kappa shape index (κ2) is 3.91. The minimum Gasteiger partial charge on any atom is -0.442 e. The summed E-state index contributed by atoms with van der Waals surface area (Å²) >= 11 is 0. The van der Waals surface area contributed by atoms with Crippen LogP contribution in [-0.2, 0) is 9.53 Å². The predicted molar refractivity (Wildman–Crippen MR) is 40.3 cm³/mol. The number of nitrogens with one attached hydrogen (secondary N) is 2. The molecule has 0 radical (unpaired) electrons. The molecule has 1 fully saturated rings. The molecule has 12 heavy (non-hydrogen) atoms. The van der Waals surface area contributed by atoms with Gasteiger partial charge in [0, 0.05) is 0 Å². The van der Waals surface area contributed by atoms with Gasteiger partial charge in [-0.1, -0.05) is 0 Å². The van der Waals surface area contributed by atoms with Crippen molar-refractivity contribution in [3.63, 3.8) is 0 Å². The van der Waals surface area contributed by atoms with Gasteiger partial charge in [-0.2, -0.15) is 0 Å². The van der Waals surface area contributed by atoms with Crippen LogP contribution in [0, 0.1) is 0 Å². The molecular formula is C6H11N3O3. The number of hydrogen-bond donors (Lipinski definition) is 3. The zero-order chi connectivity index (χ0) is 8.97. The van der Waals surface area contributed by atoms with Crippen molar-refractivity contribution in [3.05, 3.63) is 0 Å². The molecule has 1 saturated heterocycles. The molecule has 0 aromatic rings. The van der Waals surface area contributed by atoms with Crippen molar-refractivity contribution < 1.29 is 14.3 Å². The molecule has 6 nitrogen and oxygen atoms in total.